The van der Waals surface area contributed by atoms with Gasteiger partial charge in [0, 0.05) is 35.5 Å². The molecular weight excluding hydrogens is 260 g/mol. The lowest BCUT2D eigenvalue weighted by molar-refractivity contribution is -0.690. The molecule has 6 nitrogen and oxygen atoms in total. The number of hydrogen-bond acceptors (Lipinski definition) is 4. The van der Waals surface area contributed by atoms with Crippen LogP contribution in [0, 0.1) is 20.2 Å². The van der Waals surface area contributed by atoms with Crippen molar-refractivity contribution < 1.29 is 9.85 Å². The smallest absolute Gasteiger partial charge is 0.264 e. The van der Waals surface area contributed by atoms with Crippen LogP contribution in [0.1, 0.15) is 77.0 Å². The van der Waals surface area contributed by atoms with Gasteiger partial charge in [-0.2, -0.15) is 0 Å². The van der Waals surface area contributed by atoms with E-state index in [-0.39, 0.29) is 9.85 Å². The Morgan fingerprint density at radius 2 is 0.800 bits per heavy atom. The molecule has 20 heavy (non-hydrogen) atoms. The lowest BCUT2D eigenvalue weighted by atomic mass is 9.68. The van der Waals surface area contributed by atoms with E-state index in [1.165, 1.54) is 0 Å². The van der Waals surface area contributed by atoms with E-state index in [9.17, 15) is 20.2 Å². The van der Waals surface area contributed by atoms with Crippen molar-refractivity contribution >= 4 is 0 Å². The molecule has 114 valence electrons. The van der Waals surface area contributed by atoms with Crippen LogP contribution in [0.5, 0.6) is 0 Å². The van der Waals surface area contributed by atoms with E-state index in [0.717, 1.165) is 51.4 Å². The highest BCUT2D eigenvalue weighted by Crippen LogP contribution is 2.47. The van der Waals surface area contributed by atoms with Crippen LogP contribution >= 0.6 is 0 Å². The maximum absolute atomic E-state index is 11.9. The summed E-state index contributed by atoms with van der Waals surface area (Å²) < 4.78 is 0. The Morgan fingerprint density at radius 3 is 1.00 bits per heavy atom. The average molecular weight is 284 g/mol. The molecule has 0 aliphatic heterocycles. The number of nitro groups is 2. The highest BCUT2D eigenvalue weighted by atomic mass is 16.6. The predicted molar refractivity (Wildman–Crippen MR) is 74.9 cm³/mol. The van der Waals surface area contributed by atoms with E-state index < -0.39 is 11.1 Å². The second-order valence-corrected chi connectivity index (χ2v) is 6.41. The normalized spacial score (nSPS) is 26.2. The van der Waals surface area contributed by atoms with Gasteiger partial charge >= 0.3 is 0 Å². The molecule has 0 spiro atoms. The summed E-state index contributed by atoms with van der Waals surface area (Å²) in [6.07, 6.45) is 8.34. The Balaban J connectivity index is 2.45. The van der Waals surface area contributed by atoms with E-state index in [4.69, 9.17) is 0 Å². The Kier molecular flexibility index (Phi) is 4.60. The van der Waals surface area contributed by atoms with E-state index in [1.54, 1.807) is 0 Å². The minimum atomic E-state index is -1.34. The zero-order chi connectivity index (χ0) is 14.6. The quantitative estimate of drug-likeness (QED) is 0.449. The Morgan fingerprint density at radius 1 is 0.550 bits per heavy atom. The van der Waals surface area contributed by atoms with Gasteiger partial charge in [-0.1, -0.05) is 25.7 Å². The summed E-state index contributed by atoms with van der Waals surface area (Å²) in [5, 5.41) is 23.7. The van der Waals surface area contributed by atoms with Gasteiger partial charge in [-0.25, -0.2) is 0 Å². The van der Waals surface area contributed by atoms with Crippen molar-refractivity contribution in [2.75, 3.05) is 0 Å². The fourth-order valence-electron chi connectivity index (χ4n) is 4.26. The molecule has 0 aromatic heterocycles. The van der Waals surface area contributed by atoms with E-state index in [0.29, 0.717) is 25.7 Å². The summed E-state index contributed by atoms with van der Waals surface area (Å²) in [6.45, 7) is 0. The molecule has 0 N–H and O–H groups in total. The molecule has 0 heterocycles. The van der Waals surface area contributed by atoms with Crippen molar-refractivity contribution in [2.24, 2.45) is 0 Å². The van der Waals surface area contributed by atoms with Gasteiger partial charge in [-0.15, -0.1) is 0 Å². The third-order valence-corrected chi connectivity index (χ3v) is 5.43. The van der Waals surface area contributed by atoms with Gasteiger partial charge < -0.3 is 0 Å². The molecule has 0 aromatic carbocycles. The van der Waals surface area contributed by atoms with Crippen molar-refractivity contribution in [1.82, 2.24) is 0 Å². The molecule has 0 bridgehead atoms. The highest BCUT2D eigenvalue weighted by molar-refractivity contribution is 5.02. The van der Waals surface area contributed by atoms with Gasteiger partial charge in [-0.05, 0) is 25.7 Å². The molecule has 6 heteroatoms. The highest BCUT2D eigenvalue weighted by Gasteiger charge is 2.68. The molecule has 0 atom stereocenters. The monoisotopic (exact) mass is 284 g/mol. The Labute approximate surface area is 119 Å². The fourth-order valence-corrected chi connectivity index (χ4v) is 4.26. The van der Waals surface area contributed by atoms with Crippen LogP contribution in [0.25, 0.3) is 0 Å². The van der Waals surface area contributed by atoms with Crippen molar-refractivity contribution in [3.63, 3.8) is 0 Å². The number of nitrogens with zero attached hydrogens (tertiary/aromatic N) is 2. The van der Waals surface area contributed by atoms with E-state index >= 15 is 0 Å². The fraction of sp³-hybridized carbons (Fsp3) is 1.00. The van der Waals surface area contributed by atoms with Crippen LogP contribution < -0.4 is 0 Å². The molecular formula is C14H24N2O4. The molecule has 2 fully saturated rings. The van der Waals surface area contributed by atoms with Gasteiger partial charge in [0.05, 0.1) is 0 Å². The molecule has 0 unspecified atom stereocenters. The summed E-state index contributed by atoms with van der Waals surface area (Å²) in [6, 6.07) is 0. The lowest BCUT2D eigenvalue weighted by Crippen LogP contribution is -2.63. The average Bonchev–Trinajstić information content (AvgIpc) is 2.80. The second kappa shape index (κ2) is 6.06. The summed E-state index contributed by atoms with van der Waals surface area (Å²) in [5.41, 5.74) is -2.67. The van der Waals surface area contributed by atoms with Crippen LogP contribution in [-0.4, -0.2) is 20.9 Å². The summed E-state index contributed by atoms with van der Waals surface area (Å²) in [5.74, 6) is 0. The van der Waals surface area contributed by atoms with Crippen LogP contribution in [0.2, 0.25) is 0 Å². The minimum Gasteiger partial charge on any atom is -0.264 e. The lowest BCUT2D eigenvalue weighted by Gasteiger charge is -2.36. The molecule has 0 radical (unpaired) electrons. The molecule has 2 aliphatic carbocycles. The number of hydrogen-bond donors (Lipinski definition) is 0. The van der Waals surface area contributed by atoms with Crippen molar-refractivity contribution in [3.8, 4) is 0 Å². The number of rotatable bonds is 3. The van der Waals surface area contributed by atoms with E-state index in [2.05, 4.69) is 0 Å². The molecule has 0 saturated heterocycles. The van der Waals surface area contributed by atoms with Crippen LogP contribution in [0.3, 0.4) is 0 Å². The van der Waals surface area contributed by atoms with E-state index in [1.807, 2.05) is 0 Å². The first-order chi connectivity index (χ1) is 9.55. The maximum atomic E-state index is 11.9. The zero-order valence-electron chi connectivity index (χ0n) is 12.0. The van der Waals surface area contributed by atoms with Gasteiger partial charge in [0.15, 0.2) is 0 Å². The van der Waals surface area contributed by atoms with Crippen LogP contribution in [0.15, 0.2) is 0 Å². The first-order valence-corrected chi connectivity index (χ1v) is 7.84. The first kappa shape index (κ1) is 15.2. The maximum Gasteiger partial charge on any atom is 0.290 e. The largest absolute Gasteiger partial charge is 0.290 e. The summed E-state index contributed by atoms with van der Waals surface area (Å²) in [4.78, 5) is 23.1. The first-order valence-electron chi connectivity index (χ1n) is 7.84. The summed E-state index contributed by atoms with van der Waals surface area (Å²) in [7, 11) is 0. The van der Waals surface area contributed by atoms with Crippen molar-refractivity contribution in [2.45, 2.75) is 88.1 Å². The van der Waals surface area contributed by atoms with Crippen molar-refractivity contribution in [1.29, 1.82) is 0 Å². The molecule has 2 saturated carbocycles. The molecule has 0 aromatic rings. The molecule has 2 rings (SSSR count). The minimum absolute atomic E-state index is 0.285. The Bertz CT molecular complexity index is 331. The zero-order valence-corrected chi connectivity index (χ0v) is 12.0. The van der Waals surface area contributed by atoms with Crippen LogP contribution in [0.4, 0.5) is 0 Å². The Hall–Kier alpha value is -1.20. The van der Waals surface area contributed by atoms with Gasteiger partial charge in [0.25, 0.3) is 11.1 Å². The standard InChI is InChI=1S/C14H24N2O4/c17-15(18)13(9-5-1-2-6-10-13)14(16(19)20)11-7-3-4-8-12-14/h1-12H2. The van der Waals surface area contributed by atoms with Gasteiger partial charge in [0.1, 0.15) is 0 Å². The van der Waals surface area contributed by atoms with Crippen molar-refractivity contribution in [3.05, 3.63) is 20.2 Å². The third-order valence-electron chi connectivity index (χ3n) is 5.43. The third kappa shape index (κ3) is 2.40. The van der Waals surface area contributed by atoms with Gasteiger partial charge in [-0.3, -0.25) is 20.2 Å². The molecule has 0 amide bonds. The second-order valence-electron chi connectivity index (χ2n) is 6.41. The predicted octanol–water partition coefficient (Wildman–Crippen LogP) is 3.73. The SMILES string of the molecule is O=[N+]([O-])C1(C2([N+](=O)[O-])CCCCCC2)CCCCCC1. The molecule has 2 aliphatic rings. The topological polar surface area (TPSA) is 86.3 Å². The summed E-state index contributed by atoms with van der Waals surface area (Å²) >= 11 is 0. The van der Waals surface area contributed by atoms with Crippen LogP contribution in [-0.2, 0) is 0 Å². The van der Waals surface area contributed by atoms with Gasteiger partial charge in [0.2, 0.25) is 0 Å².